The lowest BCUT2D eigenvalue weighted by Gasteiger charge is -2.20. The summed E-state index contributed by atoms with van der Waals surface area (Å²) in [4.78, 5) is 45.9. The summed E-state index contributed by atoms with van der Waals surface area (Å²) in [6.07, 6.45) is 39.5. The van der Waals surface area contributed by atoms with Gasteiger partial charge >= 0.3 is 25.7 Å². The van der Waals surface area contributed by atoms with E-state index in [1.165, 1.54) is 109 Å². The number of carboxylic acid groups (broad SMARTS) is 1. The van der Waals surface area contributed by atoms with Crippen molar-refractivity contribution < 1.29 is 47.5 Å². The van der Waals surface area contributed by atoms with Crippen LogP contribution in [0.3, 0.4) is 0 Å². The van der Waals surface area contributed by atoms with E-state index in [1.54, 1.807) is 0 Å². The quantitative estimate of drug-likeness (QED) is 0.0232. The number of phosphoric ester groups is 1. The standard InChI is InChI=1S/C43H80NO10P/c1-3-5-7-9-11-13-15-17-18-19-20-21-22-23-25-27-29-31-33-35-42(46)54-39(37-52-55(49,50)53-38-40(44)43(47)48)36-51-41(45)34-32-30-28-26-24-16-14-12-10-8-6-4-2/h11,13,17-18,39-40H,3-10,12,14-16,19-38,44H2,1-2H3,(H,47,48)(H,49,50)/b13-11+,18-17+/t39-,40-/m0/s1. The van der Waals surface area contributed by atoms with E-state index in [0.717, 1.165) is 51.4 Å². The zero-order chi connectivity index (χ0) is 40.7. The van der Waals surface area contributed by atoms with Gasteiger partial charge in [-0.25, -0.2) is 4.57 Å². The van der Waals surface area contributed by atoms with Crippen molar-refractivity contribution in [3.63, 3.8) is 0 Å². The number of esters is 2. The number of carboxylic acids is 1. The van der Waals surface area contributed by atoms with Gasteiger partial charge in [-0.1, -0.05) is 167 Å². The summed E-state index contributed by atoms with van der Waals surface area (Å²) >= 11 is 0. The first-order chi connectivity index (χ1) is 26.6. The molecule has 0 bridgehead atoms. The third kappa shape index (κ3) is 38.6. The second-order valence-electron chi connectivity index (χ2n) is 14.8. The Hall–Kier alpha value is -2.04. The summed E-state index contributed by atoms with van der Waals surface area (Å²) in [5.41, 5.74) is 5.33. The van der Waals surface area contributed by atoms with Gasteiger partial charge in [0.15, 0.2) is 6.10 Å². The van der Waals surface area contributed by atoms with Crippen LogP contribution in [0.15, 0.2) is 24.3 Å². The monoisotopic (exact) mass is 802 g/mol. The molecule has 0 radical (unpaired) electrons. The highest BCUT2D eigenvalue weighted by Gasteiger charge is 2.28. The molecule has 0 aliphatic heterocycles. The van der Waals surface area contributed by atoms with Crippen LogP contribution < -0.4 is 5.73 Å². The minimum atomic E-state index is -4.71. The van der Waals surface area contributed by atoms with Crippen LogP contribution >= 0.6 is 7.82 Å². The molecule has 0 spiro atoms. The van der Waals surface area contributed by atoms with E-state index < -0.39 is 51.1 Å². The Morgan fingerprint density at radius 1 is 0.564 bits per heavy atom. The molecule has 0 aliphatic carbocycles. The smallest absolute Gasteiger partial charge is 0.472 e. The summed E-state index contributed by atoms with van der Waals surface area (Å²) in [5.74, 6) is -2.38. The molecular formula is C43H80NO10P. The number of unbranched alkanes of at least 4 members (excludes halogenated alkanes) is 23. The van der Waals surface area contributed by atoms with Gasteiger partial charge in [0.1, 0.15) is 12.6 Å². The van der Waals surface area contributed by atoms with Gasteiger partial charge in [-0.3, -0.25) is 23.4 Å². The molecule has 0 aromatic rings. The van der Waals surface area contributed by atoms with Crippen molar-refractivity contribution in [2.75, 3.05) is 19.8 Å². The summed E-state index contributed by atoms with van der Waals surface area (Å²) in [6, 6.07) is -1.52. The zero-order valence-electron chi connectivity index (χ0n) is 34.8. The molecule has 0 aromatic carbocycles. The van der Waals surface area contributed by atoms with Crippen LogP contribution in [0.2, 0.25) is 0 Å². The maximum absolute atomic E-state index is 12.6. The Morgan fingerprint density at radius 2 is 0.964 bits per heavy atom. The van der Waals surface area contributed by atoms with E-state index in [0.29, 0.717) is 12.8 Å². The summed E-state index contributed by atoms with van der Waals surface area (Å²) < 4.78 is 32.7. The van der Waals surface area contributed by atoms with E-state index >= 15 is 0 Å². The third-order valence-electron chi connectivity index (χ3n) is 9.45. The highest BCUT2D eigenvalue weighted by atomic mass is 31.2. The summed E-state index contributed by atoms with van der Waals surface area (Å²) in [5, 5.41) is 8.88. The summed E-state index contributed by atoms with van der Waals surface area (Å²) in [7, 11) is -4.71. The molecule has 0 amide bonds. The molecule has 12 heteroatoms. The van der Waals surface area contributed by atoms with Gasteiger partial charge in [-0.2, -0.15) is 0 Å². The predicted octanol–water partition coefficient (Wildman–Crippen LogP) is 11.5. The number of ether oxygens (including phenoxy) is 2. The van der Waals surface area contributed by atoms with E-state index in [4.69, 9.17) is 24.8 Å². The second kappa shape index (κ2) is 38.8. The van der Waals surface area contributed by atoms with E-state index in [2.05, 4.69) is 42.7 Å². The molecular weight excluding hydrogens is 721 g/mol. The van der Waals surface area contributed by atoms with Crippen LogP contribution in [0.25, 0.3) is 0 Å². The highest BCUT2D eigenvalue weighted by molar-refractivity contribution is 7.47. The Bertz CT molecular complexity index is 1040. The zero-order valence-corrected chi connectivity index (χ0v) is 35.7. The van der Waals surface area contributed by atoms with E-state index in [9.17, 15) is 23.8 Å². The molecule has 0 heterocycles. The highest BCUT2D eigenvalue weighted by Crippen LogP contribution is 2.43. The van der Waals surface area contributed by atoms with Crippen molar-refractivity contribution >= 4 is 25.7 Å². The average molecular weight is 802 g/mol. The van der Waals surface area contributed by atoms with E-state index in [1.807, 2.05) is 0 Å². The van der Waals surface area contributed by atoms with Crippen molar-refractivity contribution in [1.29, 1.82) is 0 Å². The van der Waals surface area contributed by atoms with Crippen LogP contribution in [-0.2, 0) is 37.5 Å². The average Bonchev–Trinajstić information content (AvgIpc) is 3.16. The van der Waals surface area contributed by atoms with Crippen LogP contribution in [-0.4, -0.2) is 59.9 Å². The van der Waals surface area contributed by atoms with Crippen molar-refractivity contribution in [3.05, 3.63) is 24.3 Å². The van der Waals surface area contributed by atoms with Gasteiger partial charge in [0.05, 0.1) is 13.2 Å². The second-order valence-corrected chi connectivity index (χ2v) is 16.3. The molecule has 3 atom stereocenters. The summed E-state index contributed by atoms with van der Waals surface area (Å²) in [6.45, 7) is 2.78. The van der Waals surface area contributed by atoms with Crippen LogP contribution in [0.1, 0.15) is 200 Å². The SMILES string of the molecule is CCCCC/C=C/C/C=C/CCCCCCCCCCCC(=O)O[C@@H](COC(=O)CCCCCCCCCCCCCC)COP(=O)(O)OC[C@H](N)C(=O)O. The lowest BCUT2D eigenvalue weighted by Crippen LogP contribution is -2.34. The number of hydrogen-bond donors (Lipinski definition) is 3. The van der Waals surface area contributed by atoms with Crippen LogP contribution in [0.4, 0.5) is 0 Å². The van der Waals surface area contributed by atoms with Gasteiger partial charge < -0.3 is 25.2 Å². The molecule has 0 fully saturated rings. The fraction of sp³-hybridized carbons (Fsp3) is 0.837. The molecule has 0 aromatic heterocycles. The number of nitrogens with two attached hydrogens (primary N) is 1. The number of carbonyl (C=O) groups is 3. The molecule has 11 nitrogen and oxygen atoms in total. The van der Waals surface area contributed by atoms with Crippen molar-refractivity contribution in [2.45, 2.75) is 212 Å². The van der Waals surface area contributed by atoms with E-state index in [-0.39, 0.29) is 19.4 Å². The van der Waals surface area contributed by atoms with Gasteiger partial charge in [-0.15, -0.1) is 0 Å². The van der Waals surface area contributed by atoms with Gasteiger partial charge in [-0.05, 0) is 44.9 Å². The first kappa shape index (κ1) is 53.0. The molecule has 1 unspecified atom stereocenters. The molecule has 0 saturated carbocycles. The maximum atomic E-state index is 12.6. The Balaban J connectivity index is 4.32. The predicted molar refractivity (Wildman–Crippen MR) is 222 cm³/mol. The van der Waals surface area contributed by atoms with Gasteiger partial charge in [0.25, 0.3) is 0 Å². The minimum Gasteiger partial charge on any atom is -0.480 e. The number of carbonyl (C=O) groups excluding carboxylic acids is 2. The first-order valence-electron chi connectivity index (χ1n) is 21.9. The maximum Gasteiger partial charge on any atom is 0.472 e. The molecule has 55 heavy (non-hydrogen) atoms. The fourth-order valence-electron chi connectivity index (χ4n) is 5.98. The minimum absolute atomic E-state index is 0.159. The van der Waals surface area contributed by atoms with Crippen LogP contribution in [0, 0.1) is 0 Å². The van der Waals surface area contributed by atoms with Crippen molar-refractivity contribution in [1.82, 2.24) is 0 Å². The Labute approximate surface area is 334 Å². The largest absolute Gasteiger partial charge is 0.480 e. The van der Waals surface area contributed by atoms with Crippen molar-refractivity contribution in [2.24, 2.45) is 5.73 Å². The Kier molecular flexibility index (Phi) is 37.4. The molecule has 0 rings (SSSR count). The first-order valence-corrected chi connectivity index (χ1v) is 23.4. The molecule has 0 aliphatic rings. The number of phosphoric acid groups is 1. The molecule has 0 saturated heterocycles. The molecule has 4 N–H and O–H groups in total. The fourth-order valence-corrected chi connectivity index (χ4v) is 6.76. The van der Waals surface area contributed by atoms with Crippen LogP contribution in [0.5, 0.6) is 0 Å². The third-order valence-corrected chi connectivity index (χ3v) is 10.4. The number of allylic oxidation sites excluding steroid dienone is 4. The van der Waals surface area contributed by atoms with Gasteiger partial charge in [0, 0.05) is 12.8 Å². The lowest BCUT2D eigenvalue weighted by atomic mass is 10.0. The van der Waals surface area contributed by atoms with Crippen molar-refractivity contribution in [3.8, 4) is 0 Å². The normalized spacial score (nSPS) is 14.0. The number of rotatable bonds is 41. The lowest BCUT2D eigenvalue weighted by molar-refractivity contribution is -0.161. The number of aliphatic carboxylic acids is 1. The van der Waals surface area contributed by atoms with Gasteiger partial charge in [0.2, 0.25) is 0 Å². The Morgan fingerprint density at radius 3 is 1.45 bits per heavy atom. The topological polar surface area (TPSA) is 172 Å². The number of hydrogen-bond acceptors (Lipinski definition) is 9. The molecule has 322 valence electrons.